The summed E-state index contributed by atoms with van der Waals surface area (Å²) in [5.41, 5.74) is -0.165. The SMILES string of the molecule is CCCCn1nc(C(=O)O[C@@H](C)C#N)c2ccccc2c1=O. The van der Waals surface area contributed by atoms with E-state index in [0.29, 0.717) is 17.3 Å². The zero-order valence-electron chi connectivity index (χ0n) is 12.6. The van der Waals surface area contributed by atoms with Gasteiger partial charge in [0.15, 0.2) is 11.8 Å². The lowest BCUT2D eigenvalue weighted by Crippen LogP contribution is -2.27. The second-order valence-electron chi connectivity index (χ2n) is 4.95. The number of benzene rings is 1. The van der Waals surface area contributed by atoms with Crippen molar-refractivity contribution >= 4 is 16.7 Å². The Kier molecular flexibility index (Phi) is 4.89. The van der Waals surface area contributed by atoms with Gasteiger partial charge in [0.1, 0.15) is 6.07 Å². The predicted molar refractivity (Wildman–Crippen MR) is 81.4 cm³/mol. The summed E-state index contributed by atoms with van der Waals surface area (Å²) in [6.07, 6.45) is 0.824. The fourth-order valence-electron chi connectivity index (χ4n) is 2.09. The summed E-state index contributed by atoms with van der Waals surface area (Å²) in [5.74, 6) is -0.699. The van der Waals surface area contributed by atoms with Crippen molar-refractivity contribution in [3.05, 3.63) is 40.3 Å². The molecule has 0 fully saturated rings. The largest absolute Gasteiger partial charge is 0.442 e. The smallest absolute Gasteiger partial charge is 0.360 e. The zero-order valence-corrected chi connectivity index (χ0v) is 12.6. The van der Waals surface area contributed by atoms with Crippen LogP contribution >= 0.6 is 0 Å². The van der Waals surface area contributed by atoms with Crippen LogP contribution in [0.1, 0.15) is 37.2 Å². The van der Waals surface area contributed by atoms with Crippen molar-refractivity contribution in [2.24, 2.45) is 0 Å². The first-order chi connectivity index (χ1) is 10.6. The number of aromatic nitrogens is 2. The molecule has 6 heteroatoms. The number of carbonyl (C=O) groups excluding carboxylic acids is 1. The number of unbranched alkanes of at least 4 members (excludes halogenated alkanes) is 1. The fraction of sp³-hybridized carbons (Fsp3) is 0.375. The molecule has 0 N–H and O–H groups in total. The van der Waals surface area contributed by atoms with E-state index in [1.165, 1.54) is 11.6 Å². The first-order valence-corrected chi connectivity index (χ1v) is 7.19. The number of hydrogen-bond donors (Lipinski definition) is 0. The number of hydrogen-bond acceptors (Lipinski definition) is 5. The molecule has 1 atom stereocenters. The third-order valence-corrected chi connectivity index (χ3v) is 3.25. The maximum Gasteiger partial charge on any atom is 0.360 e. The van der Waals surface area contributed by atoms with Crippen LogP contribution in [0.15, 0.2) is 29.1 Å². The molecule has 1 aromatic heterocycles. The second-order valence-corrected chi connectivity index (χ2v) is 4.95. The number of fused-ring (bicyclic) bond motifs is 1. The number of nitriles is 1. The van der Waals surface area contributed by atoms with Gasteiger partial charge >= 0.3 is 5.97 Å². The van der Waals surface area contributed by atoms with Crippen LogP contribution in [-0.2, 0) is 11.3 Å². The van der Waals surface area contributed by atoms with Crippen LogP contribution in [-0.4, -0.2) is 21.9 Å². The summed E-state index contributed by atoms with van der Waals surface area (Å²) >= 11 is 0. The van der Waals surface area contributed by atoms with E-state index in [2.05, 4.69) is 5.10 Å². The molecule has 114 valence electrons. The molecule has 0 aliphatic rings. The van der Waals surface area contributed by atoms with Crippen LogP contribution in [0.4, 0.5) is 0 Å². The molecule has 0 radical (unpaired) electrons. The Balaban J connectivity index is 2.57. The van der Waals surface area contributed by atoms with Crippen LogP contribution in [0.3, 0.4) is 0 Å². The molecule has 0 unspecified atom stereocenters. The maximum absolute atomic E-state index is 12.4. The van der Waals surface area contributed by atoms with Gasteiger partial charge in [0.25, 0.3) is 5.56 Å². The normalized spacial score (nSPS) is 11.9. The van der Waals surface area contributed by atoms with Crippen molar-refractivity contribution < 1.29 is 9.53 Å². The lowest BCUT2D eigenvalue weighted by molar-refractivity contribution is 0.0428. The fourth-order valence-corrected chi connectivity index (χ4v) is 2.09. The Morgan fingerprint density at radius 1 is 1.41 bits per heavy atom. The van der Waals surface area contributed by atoms with Crippen molar-refractivity contribution in [3.8, 4) is 6.07 Å². The highest BCUT2D eigenvalue weighted by Crippen LogP contribution is 2.15. The minimum atomic E-state index is -0.871. The number of rotatable bonds is 5. The van der Waals surface area contributed by atoms with Gasteiger partial charge in [-0.3, -0.25) is 4.79 Å². The van der Waals surface area contributed by atoms with Gasteiger partial charge in [0, 0.05) is 11.9 Å². The van der Waals surface area contributed by atoms with Crippen LogP contribution < -0.4 is 5.56 Å². The average molecular weight is 299 g/mol. The molecule has 0 amide bonds. The highest BCUT2D eigenvalue weighted by atomic mass is 16.5. The highest BCUT2D eigenvalue weighted by Gasteiger charge is 2.19. The molecular formula is C16H17N3O3. The summed E-state index contributed by atoms with van der Waals surface area (Å²) in [4.78, 5) is 24.6. The lowest BCUT2D eigenvalue weighted by Gasteiger charge is -2.11. The van der Waals surface area contributed by atoms with Gasteiger partial charge < -0.3 is 4.74 Å². The lowest BCUT2D eigenvalue weighted by atomic mass is 10.1. The van der Waals surface area contributed by atoms with Crippen molar-refractivity contribution in [1.82, 2.24) is 9.78 Å². The maximum atomic E-state index is 12.4. The zero-order chi connectivity index (χ0) is 16.1. The van der Waals surface area contributed by atoms with E-state index >= 15 is 0 Å². The molecular weight excluding hydrogens is 282 g/mol. The second kappa shape index (κ2) is 6.85. The van der Waals surface area contributed by atoms with Crippen LogP contribution in [0, 0.1) is 11.3 Å². The average Bonchev–Trinajstić information content (AvgIpc) is 2.54. The van der Waals surface area contributed by atoms with Gasteiger partial charge in [-0.2, -0.15) is 10.4 Å². The Hall–Kier alpha value is -2.68. The summed E-state index contributed by atoms with van der Waals surface area (Å²) in [5, 5.41) is 13.8. The van der Waals surface area contributed by atoms with Crippen molar-refractivity contribution in [3.63, 3.8) is 0 Å². The quantitative estimate of drug-likeness (QED) is 0.791. The molecule has 1 aromatic carbocycles. The highest BCUT2D eigenvalue weighted by molar-refractivity contribution is 6.02. The molecule has 1 heterocycles. The minimum absolute atomic E-state index is 0.0633. The summed E-state index contributed by atoms with van der Waals surface area (Å²) in [7, 11) is 0. The van der Waals surface area contributed by atoms with E-state index in [0.717, 1.165) is 12.8 Å². The summed E-state index contributed by atoms with van der Waals surface area (Å²) < 4.78 is 6.31. The molecule has 0 saturated carbocycles. The molecule has 0 aliphatic heterocycles. The van der Waals surface area contributed by atoms with E-state index in [1.807, 2.05) is 13.0 Å². The first kappa shape index (κ1) is 15.7. The van der Waals surface area contributed by atoms with Crippen molar-refractivity contribution in [2.75, 3.05) is 0 Å². The van der Waals surface area contributed by atoms with E-state index in [4.69, 9.17) is 10.00 Å². The Morgan fingerprint density at radius 3 is 2.73 bits per heavy atom. The molecule has 0 saturated heterocycles. The standard InChI is InChI=1S/C16H17N3O3/c1-3-4-9-19-15(20)13-8-6-5-7-12(13)14(18-19)16(21)22-11(2)10-17/h5-8,11H,3-4,9H2,1-2H3/t11-/m0/s1. The Bertz CT molecular complexity index is 789. The van der Waals surface area contributed by atoms with Gasteiger partial charge in [-0.05, 0) is 19.4 Å². The predicted octanol–water partition coefficient (Wildman–Crippen LogP) is 2.27. The Morgan fingerprint density at radius 2 is 2.09 bits per heavy atom. The monoisotopic (exact) mass is 299 g/mol. The van der Waals surface area contributed by atoms with Gasteiger partial charge in [0.05, 0.1) is 5.39 Å². The summed E-state index contributed by atoms with van der Waals surface area (Å²) in [6.45, 7) is 3.93. The number of ether oxygens (including phenoxy) is 1. The third kappa shape index (κ3) is 3.14. The molecule has 6 nitrogen and oxygen atoms in total. The van der Waals surface area contributed by atoms with E-state index in [1.54, 1.807) is 24.3 Å². The number of esters is 1. The van der Waals surface area contributed by atoms with E-state index < -0.39 is 12.1 Å². The number of carbonyl (C=O) groups is 1. The number of nitrogens with zero attached hydrogens (tertiary/aromatic N) is 3. The van der Waals surface area contributed by atoms with Gasteiger partial charge in [-0.25, -0.2) is 9.48 Å². The van der Waals surface area contributed by atoms with E-state index in [9.17, 15) is 9.59 Å². The molecule has 0 bridgehead atoms. The minimum Gasteiger partial charge on any atom is -0.442 e. The third-order valence-electron chi connectivity index (χ3n) is 3.25. The first-order valence-electron chi connectivity index (χ1n) is 7.19. The van der Waals surface area contributed by atoms with Crippen LogP contribution in [0.25, 0.3) is 10.8 Å². The van der Waals surface area contributed by atoms with Gasteiger partial charge in [0.2, 0.25) is 0 Å². The Labute approximate surface area is 127 Å². The molecule has 0 aliphatic carbocycles. The summed E-state index contributed by atoms with van der Waals surface area (Å²) in [6, 6.07) is 8.61. The topological polar surface area (TPSA) is 85.0 Å². The van der Waals surface area contributed by atoms with Gasteiger partial charge in [-0.1, -0.05) is 31.5 Å². The molecule has 2 aromatic rings. The molecule has 2 rings (SSSR count). The van der Waals surface area contributed by atoms with Crippen molar-refractivity contribution in [2.45, 2.75) is 39.3 Å². The van der Waals surface area contributed by atoms with Crippen molar-refractivity contribution in [1.29, 1.82) is 5.26 Å². The van der Waals surface area contributed by atoms with Crippen LogP contribution in [0.5, 0.6) is 0 Å². The van der Waals surface area contributed by atoms with Gasteiger partial charge in [-0.15, -0.1) is 0 Å². The van der Waals surface area contributed by atoms with E-state index in [-0.39, 0.29) is 11.3 Å². The molecule has 0 spiro atoms. The molecule has 22 heavy (non-hydrogen) atoms. The van der Waals surface area contributed by atoms with Crippen LogP contribution in [0.2, 0.25) is 0 Å². The number of aryl methyl sites for hydroxylation is 1.